The molecule has 1 atom stereocenters. The number of aliphatic carboxylic acids is 1. The third-order valence-electron chi connectivity index (χ3n) is 3.96. The second kappa shape index (κ2) is 6.06. The summed E-state index contributed by atoms with van der Waals surface area (Å²) in [5, 5.41) is 8.93. The smallest absolute Gasteiger partial charge is 0.306 e. The predicted molar refractivity (Wildman–Crippen MR) is 73.4 cm³/mol. The van der Waals surface area contributed by atoms with E-state index in [0.717, 1.165) is 31.8 Å². The molecule has 0 amide bonds. The van der Waals surface area contributed by atoms with E-state index in [1.807, 2.05) is 12.1 Å². The molecule has 0 saturated carbocycles. The lowest BCUT2D eigenvalue weighted by Gasteiger charge is -2.41. The second-order valence-electron chi connectivity index (χ2n) is 5.24. The van der Waals surface area contributed by atoms with Crippen LogP contribution < -0.4 is 4.74 Å². The number of nitrogens with zero attached hydrogens (tertiary/aromatic N) is 1. The summed E-state index contributed by atoms with van der Waals surface area (Å²) in [5.41, 5.74) is 1.29. The molecule has 1 aliphatic heterocycles. The van der Waals surface area contributed by atoms with Gasteiger partial charge in [0.25, 0.3) is 0 Å². The standard InChI is InChI=1S/C15H21NO3/c1-11(15(17)18)13-9-16(10-13)8-7-12-3-5-14(19-2)6-4-12/h3-6,11,13H,7-10H2,1-2H3,(H,17,18). The maximum Gasteiger partial charge on any atom is 0.306 e. The van der Waals surface area contributed by atoms with E-state index in [0.29, 0.717) is 5.92 Å². The molecule has 1 aliphatic rings. The van der Waals surface area contributed by atoms with Crippen LogP contribution in [0.25, 0.3) is 0 Å². The van der Waals surface area contributed by atoms with Crippen LogP contribution in [-0.2, 0) is 11.2 Å². The van der Waals surface area contributed by atoms with Crippen molar-refractivity contribution in [3.05, 3.63) is 29.8 Å². The SMILES string of the molecule is COc1ccc(CCN2CC(C(C)C(=O)O)C2)cc1. The van der Waals surface area contributed by atoms with Crippen molar-refractivity contribution < 1.29 is 14.6 Å². The summed E-state index contributed by atoms with van der Waals surface area (Å²) in [6, 6.07) is 8.10. The van der Waals surface area contributed by atoms with Gasteiger partial charge >= 0.3 is 5.97 Å². The van der Waals surface area contributed by atoms with E-state index in [9.17, 15) is 4.79 Å². The van der Waals surface area contributed by atoms with Crippen LogP contribution in [0.5, 0.6) is 5.75 Å². The molecule has 0 bridgehead atoms. The van der Waals surface area contributed by atoms with Crippen LogP contribution in [0.1, 0.15) is 12.5 Å². The maximum absolute atomic E-state index is 10.8. The van der Waals surface area contributed by atoms with E-state index in [-0.39, 0.29) is 5.92 Å². The summed E-state index contributed by atoms with van der Waals surface area (Å²) >= 11 is 0. The first-order valence-electron chi connectivity index (χ1n) is 6.68. The van der Waals surface area contributed by atoms with Gasteiger partial charge in [-0.25, -0.2) is 0 Å². The van der Waals surface area contributed by atoms with Crippen LogP contribution >= 0.6 is 0 Å². The number of rotatable bonds is 6. The number of hydrogen-bond acceptors (Lipinski definition) is 3. The van der Waals surface area contributed by atoms with Gasteiger partial charge in [-0.2, -0.15) is 0 Å². The molecule has 0 aromatic heterocycles. The Bertz CT molecular complexity index is 424. The van der Waals surface area contributed by atoms with Crippen molar-refractivity contribution in [3.8, 4) is 5.75 Å². The van der Waals surface area contributed by atoms with E-state index in [4.69, 9.17) is 9.84 Å². The number of likely N-dealkylation sites (tertiary alicyclic amines) is 1. The van der Waals surface area contributed by atoms with E-state index in [2.05, 4.69) is 17.0 Å². The fraction of sp³-hybridized carbons (Fsp3) is 0.533. The van der Waals surface area contributed by atoms with Gasteiger partial charge in [-0.15, -0.1) is 0 Å². The molecule has 1 aromatic carbocycles. The maximum atomic E-state index is 10.8. The zero-order chi connectivity index (χ0) is 13.8. The first-order valence-corrected chi connectivity index (χ1v) is 6.68. The molecule has 1 aromatic rings. The lowest BCUT2D eigenvalue weighted by molar-refractivity contribution is -0.145. The average Bonchev–Trinajstić information content (AvgIpc) is 2.37. The minimum Gasteiger partial charge on any atom is -0.497 e. The number of ether oxygens (including phenoxy) is 1. The molecule has 2 rings (SSSR count). The van der Waals surface area contributed by atoms with Crippen molar-refractivity contribution in [1.29, 1.82) is 0 Å². The van der Waals surface area contributed by atoms with Gasteiger partial charge in [-0.05, 0) is 30.0 Å². The molecule has 1 heterocycles. The minimum absolute atomic E-state index is 0.225. The lowest BCUT2D eigenvalue weighted by atomic mass is 9.87. The summed E-state index contributed by atoms with van der Waals surface area (Å²) in [5.74, 6) is 0.286. The molecule has 1 saturated heterocycles. The molecule has 4 nitrogen and oxygen atoms in total. The molecule has 1 N–H and O–H groups in total. The normalized spacial score (nSPS) is 17.8. The van der Waals surface area contributed by atoms with Gasteiger partial charge in [0, 0.05) is 19.6 Å². The Morgan fingerprint density at radius 1 is 1.42 bits per heavy atom. The highest BCUT2D eigenvalue weighted by Crippen LogP contribution is 2.24. The summed E-state index contributed by atoms with van der Waals surface area (Å²) < 4.78 is 5.12. The number of carboxylic acids is 1. The first kappa shape index (κ1) is 13.9. The van der Waals surface area contributed by atoms with Crippen LogP contribution in [0.3, 0.4) is 0 Å². The quantitative estimate of drug-likeness (QED) is 0.851. The van der Waals surface area contributed by atoms with Crippen molar-refractivity contribution in [1.82, 2.24) is 4.90 Å². The summed E-state index contributed by atoms with van der Waals surface area (Å²) in [7, 11) is 1.67. The molecule has 19 heavy (non-hydrogen) atoms. The monoisotopic (exact) mass is 263 g/mol. The van der Waals surface area contributed by atoms with Crippen molar-refractivity contribution in [3.63, 3.8) is 0 Å². The van der Waals surface area contributed by atoms with Crippen LogP contribution in [0.2, 0.25) is 0 Å². The van der Waals surface area contributed by atoms with Crippen LogP contribution in [0.4, 0.5) is 0 Å². The van der Waals surface area contributed by atoms with E-state index >= 15 is 0 Å². The Balaban J connectivity index is 1.71. The number of carboxylic acid groups (broad SMARTS) is 1. The van der Waals surface area contributed by atoms with Gasteiger partial charge in [0.1, 0.15) is 5.75 Å². The van der Waals surface area contributed by atoms with Crippen LogP contribution in [0, 0.1) is 11.8 Å². The molecule has 0 aliphatic carbocycles. The summed E-state index contributed by atoms with van der Waals surface area (Å²) in [6.07, 6.45) is 0.998. The van der Waals surface area contributed by atoms with Crippen molar-refractivity contribution >= 4 is 5.97 Å². The largest absolute Gasteiger partial charge is 0.497 e. The Hall–Kier alpha value is -1.55. The van der Waals surface area contributed by atoms with Gasteiger partial charge in [0.15, 0.2) is 0 Å². The zero-order valence-corrected chi connectivity index (χ0v) is 11.5. The van der Waals surface area contributed by atoms with Crippen molar-refractivity contribution in [2.24, 2.45) is 11.8 Å². The van der Waals surface area contributed by atoms with Gasteiger partial charge in [-0.3, -0.25) is 4.79 Å². The third-order valence-corrected chi connectivity index (χ3v) is 3.96. The summed E-state index contributed by atoms with van der Waals surface area (Å²) in [4.78, 5) is 13.2. The molecule has 0 radical (unpaired) electrons. The molecular weight excluding hydrogens is 242 g/mol. The number of carbonyl (C=O) groups is 1. The molecule has 4 heteroatoms. The highest BCUT2D eigenvalue weighted by Gasteiger charge is 2.33. The Kier molecular flexibility index (Phi) is 4.43. The molecule has 1 fully saturated rings. The summed E-state index contributed by atoms with van der Waals surface area (Å²) in [6.45, 7) is 4.61. The van der Waals surface area contributed by atoms with E-state index in [1.54, 1.807) is 14.0 Å². The van der Waals surface area contributed by atoms with Gasteiger partial charge < -0.3 is 14.7 Å². The fourth-order valence-electron chi connectivity index (χ4n) is 2.39. The van der Waals surface area contributed by atoms with Crippen molar-refractivity contribution in [2.75, 3.05) is 26.7 Å². The topological polar surface area (TPSA) is 49.8 Å². The molecule has 1 unspecified atom stereocenters. The Morgan fingerprint density at radius 3 is 2.58 bits per heavy atom. The second-order valence-corrected chi connectivity index (χ2v) is 5.24. The van der Waals surface area contributed by atoms with Gasteiger partial charge in [-0.1, -0.05) is 19.1 Å². The highest BCUT2D eigenvalue weighted by atomic mass is 16.5. The van der Waals surface area contributed by atoms with Gasteiger partial charge in [0.2, 0.25) is 0 Å². The molecular formula is C15H21NO3. The van der Waals surface area contributed by atoms with Crippen LogP contribution in [0.15, 0.2) is 24.3 Å². The predicted octanol–water partition coefficient (Wildman–Crippen LogP) is 1.89. The Labute approximate surface area is 114 Å². The van der Waals surface area contributed by atoms with Crippen LogP contribution in [-0.4, -0.2) is 42.7 Å². The van der Waals surface area contributed by atoms with E-state index < -0.39 is 5.97 Å². The molecule has 0 spiro atoms. The fourth-order valence-corrected chi connectivity index (χ4v) is 2.39. The number of methoxy groups -OCH3 is 1. The third kappa shape index (κ3) is 3.47. The highest BCUT2D eigenvalue weighted by molar-refractivity contribution is 5.70. The number of benzene rings is 1. The zero-order valence-electron chi connectivity index (χ0n) is 11.5. The lowest BCUT2D eigenvalue weighted by Crippen LogP contribution is -2.51. The Morgan fingerprint density at radius 2 is 2.05 bits per heavy atom. The number of hydrogen-bond donors (Lipinski definition) is 1. The minimum atomic E-state index is -0.681. The van der Waals surface area contributed by atoms with Crippen molar-refractivity contribution in [2.45, 2.75) is 13.3 Å². The average molecular weight is 263 g/mol. The van der Waals surface area contributed by atoms with Gasteiger partial charge in [0.05, 0.1) is 13.0 Å². The van der Waals surface area contributed by atoms with E-state index in [1.165, 1.54) is 5.56 Å². The first-order chi connectivity index (χ1) is 9.10. The molecule has 104 valence electrons.